The van der Waals surface area contributed by atoms with Crippen LogP contribution in [0.1, 0.15) is 10.5 Å². The van der Waals surface area contributed by atoms with Crippen LogP contribution in [0.3, 0.4) is 0 Å². The molecule has 0 unspecified atom stereocenters. The lowest BCUT2D eigenvalue weighted by atomic mass is 10.2. The van der Waals surface area contributed by atoms with Gasteiger partial charge in [-0.3, -0.25) is 18.8 Å². The summed E-state index contributed by atoms with van der Waals surface area (Å²) in [6.45, 7) is 0. The number of fused-ring (bicyclic) bond motifs is 6. The normalized spacial score (nSPS) is 11.5. The summed E-state index contributed by atoms with van der Waals surface area (Å²) in [5, 5.41) is 9.85. The van der Waals surface area contributed by atoms with Crippen LogP contribution < -0.4 is 4.90 Å². The minimum atomic E-state index is -0.278. The number of benzene rings is 6. The molecular formula is C55H36N8O. The highest BCUT2D eigenvalue weighted by Gasteiger charge is 2.24. The van der Waals surface area contributed by atoms with Gasteiger partial charge in [-0.2, -0.15) is 5.10 Å². The highest BCUT2D eigenvalue weighted by Crippen LogP contribution is 2.35. The van der Waals surface area contributed by atoms with Crippen molar-refractivity contribution in [2.75, 3.05) is 4.90 Å². The van der Waals surface area contributed by atoms with Gasteiger partial charge >= 0.3 is 0 Å². The van der Waals surface area contributed by atoms with Crippen molar-refractivity contribution < 1.29 is 4.79 Å². The van der Waals surface area contributed by atoms with Crippen LogP contribution in [0.2, 0.25) is 0 Å². The quantitative estimate of drug-likeness (QED) is 0.152. The molecule has 0 atom stereocenters. The molecule has 9 heteroatoms. The van der Waals surface area contributed by atoms with Crippen LogP contribution in [0, 0.1) is 0 Å². The van der Waals surface area contributed by atoms with Crippen molar-refractivity contribution in [2.45, 2.75) is 0 Å². The molecule has 12 aromatic rings. The zero-order chi connectivity index (χ0) is 42.6. The SMILES string of the molecule is O=C(c1cccc(-n2nc(-c3cccc(-n4c5ccccc5c5ccccc54)n3)cc2-c2cccc(-n3c4ccccc4c4ccccc43)n2)n1)N(c1ccccc1)c1ccccc1. The predicted octanol–water partition coefficient (Wildman–Crippen LogP) is 12.6. The second-order valence-corrected chi connectivity index (χ2v) is 15.5. The van der Waals surface area contributed by atoms with Gasteiger partial charge in [0.05, 0.1) is 39.1 Å². The van der Waals surface area contributed by atoms with Crippen LogP contribution in [0.5, 0.6) is 0 Å². The molecule has 0 aliphatic rings. The molecule has 12 rings (SSSR count). The number of amides is 1. The topological polar surface area (TPSA) is 86.7 Å². The Kier molecular flexibility index (Phi) is 8.75. The number of carbonyl (C=O) groups is 1. The van der Waals surface area contributed by atoms with Crippen molar-refractivity contribution in [1.29, 1.82) is 0 Å². The van der Waals surface area contributed by atoms with Gasteiger partial charge in [0.25, 0.3) is 5.91 Å². The van der Waals surface area contributed by atoms with Crippen molar-refractivity contribution in [3.63, 3.8) is 0 Å². The predicted molar refractivity (Wildman–Crippen MR) is 256 cm³/mol. The molecule has 0 saturated carbocycles. The molecule has 0 fully saturated rings. The third-order valence-corrected chi connectivity index (χ3v) is 11.7. The van der Waals surface area contributed by atoms with E-state index >= 15 is 0 Å². The first kappa shape index (κ1) is 36.9. The van der Waals surface area contributed by atoms with E-state index in [9.17, 15) is 4.79 Å². The first-order chi connectivity index (χ1) is 31.7. The summed E-state index contributed by atoms with van der Waals surface area (Å²) in [6, 6.07) is 72.3. The van der Waals surface area contributed by atoms with Gasteiger partial charge in [-0.15, -0.1) is 0 Å². The van der Waals surface area contributed by atoms with Crippen LogP contribution in [-0.2, 0) is 0 Å². The Morgan fingerprint density at radius 3 is 1.31 bits per heavy atom. The van der Waals surface area contributed by atoms with Crippen LogP contribution in [0.25, 0.3) is 83.8 Å². The van der Waals surface area contributed by atoms with E-state index in [-0.39, 0.29) is 11.6 Å². The Bertz CT molecular complexity index is 3570. The molecule has 0 aliphatic heterocycles. The molecular weight excluding hydrogens is 789 g/mol. The van der Waals surface area contributed by atoms with E-state index in [1.54, 1.807) is 15.6 Å². The number of para-hydroxylation sites is 6. The zero-order valence-electron chi connectivity index (χ0n) is 34.3. The molecule has 0 N–H and O–H groups in total. The largest absolute Gasteiger partial charge is 0.294 e. The average molecular weight is 825 g/mol. The highest BCUT2D eigenvalue weighted by molar-refractivity contribution is 6.11. The minimum Gasteiger partial charge on any atom is -0.294 e. The summed E-state index contributed by atoms with van der Waals surface area (Å²) in [5.74, 6) is 1.70. The Hall–Kier alpha value is -8.95. The number of pyridine rings is 3. The van der Waals surface area contributed by atoms with Crippen molar-refractivity contribution in [2.24, 2.45) is 0 Å². The molecule has 6 aromatic carbocycles. The fourth-order valence-electron chi connectivity index (χ4n) is 8.90. The van der Waals surface area contributed by atoms with Crippen LogP contribution in [-0.4, -0.2) is 39.8 Å². The van der Waals surface area contributed by atoms with Gasteiger partial charge in [0.1, 0.15) is 23.0 Å². The third kappa shape index (κ3) is 6.14. The summed E-state index contributed by atoms with van der Waals surface area (Å²) in [7, 11) is 0. The molecule has 0 spiro atoms. The first-order valence-corrected chi connectivity index (χ1v) is 21.1. The maximum atomic E-state index is 14.6. The van der Waals surface area contributed by atoms with Gasteiger partial charge in [0.2, 0.25) is 0 Å². The summed E-state index contributed by atoms with van der Waals surface area (Å²) >= 11 is 0. The lowest BCUT2D eigenvalue weighted by Crippen LogP contribution is -2.27. The van der Waals surface area contributed by atoms with Gasteiger partial charge in [0, 0.05) is 32.9 Å². The van der Waals surface area contributed by atoms with E-state index in [2.05, 4.69) is 106 Å². The number of aromatic nitrogens is 7. The molecule has 302 valence electrons. The van der Waals surface area contributed by atoms with Crippen molar-refractivity contribution >= 4 is 60.9 Å². The zero-order valence-corrected chi connectivity index (χ0v) is 34.3. The maximum absolute atomic E-state index is 14.6. The smallest absolute Gasteiger partial charge is 0.281 e. The lowest BCUT2D eigenvalue weighted by molar-refractivity contribution is 0.0994. The molecule has 1 amide bonds. The highest BCUT2D eigenvalue weighted by atomic mass is 16.2. The van der Waals surface area contributed by atoms with Gasteiger partial charge < -0.3 is 0 Å². The standard InChI is InChI=1S/C55H36N8O/c64-55(60(37-18-3-1-4-19-37)38-20-5-2-6-21-38)45-28-17-35-54(58-45)63-51(44-27-16-34-53(57-44)62-49-31-13-9-24-41(49)42-25-10-14-32-50(42)62)36-46(59-63)43-26-15-33-52(56-43)61-47-29-11-7-22-39(47)40-23-8-12-30-48(40)61/h1-36H. The Morgan fingerprint density at radius 1 is 0.375 bits per heavy atom. The number of hydrogen-bond acceptors (Lipinski definition) is 5. The van der Waals surface area contributed by atoms with Crippen LogP contribution >= 0.6 is 0 Å². The monoisotopic (exact) mass is 824 g/mol. The van der Waals surface area contributed by atoms with E-state index in [4.69, 9.17) is 20.1 Å². The van der Waals surface area contributed by atoms with Gasteiger partial charge in [-0.25, -0.2) is 19.6 Å². The Balaban J connectivity index is 1.03. The summed E-state index contributed by atoms with van der Waals surface area (Å²) < 4.78 is 6.17. The van der Waals surface area contributed by atoms with E-state index in [1.807, 2.05) is 115 Å². The Morgan fingerprint density at radius 2 is 0.797 bits per heavy atom. The number of rotatable bonds is 8. The fraction of sp³-hybridized carbons (Fsp3) is 0. The van der Waals surface area contributed by atoms with Crippen molar-refractivity contribution in [3.8, 4) is 40.2 Å². The fourth-order valence-corrected chi connectivity index (χ4v) is 8.90. The number of nitrogens with zero attached hydrogens (tertiary/aromatic N) is 8. The van der Waals surface area contributed by atoms with Gasteiger partial charge in [-0.05, 0) is 91.0 Å². The lowest BCUT2D eigenvalue weighted by Gasteiger charge is -2.23. The van der Waals surface area contributed by atoms with E-state index < -0.39 is 0 Å². The van der Waals surface area contributed by atoms with Crippen LogP contribution in [0.15, 0.2) is 218 Å². The van der Waals surface area contributed by atoms with E-state index in [0.717, 1.165) is 66.6 Å². The van der Waals surface area contributed by atoms with E-state index in [0.29, 0.717) is 28.6 Å². The average Bonchev–Trinajstić information content (AvgIpc) is 4.06. The summed E-state index contributed by atoms with van der Waals surface area (Å²) in [5.41, 5.74) is 8.61. The Labute approximate surface area is 367 Å². The molecule has 9 nitrogen and oxygen atoms in total. The molecule has 0 radical (unpaired) electrons. The second kappa shape index (κ2) is 15.2. The first-order valence-electron chi connectivity index (χ1n) is 21.1. The number of carbonyl (C=O) groups excluding carboxylic acids is 1. The molecule has 0 bridgehead atoms. The van der Waals surface area contributed by atoms with Crippen LogP contribution in [0.4, 0.5) is 11.4 Å². The van der Waals surface area contributed by atoms with Gasteiger partial charge in [-0.1, -0.05) is 127 Å². The summed E-state index contributed by atoms with van der Waals surface area (Å²) in [4.78, 5) is 32.0. The molecule has 6 heterocycles. The third-order valence-electron chi connectivity index (χ3n) is 11.7. The van der Waals surface area contributed by atoms with Gasteiger partial charge in [0.15, 0.2) is 5.82 Å². The van der Waals surface area contributed by atoms with Crippen molar-refractivity contribution in [1.82, 2.24) is 33.9 Å². The maximum Gasteiger partial charge on any atom is 0.281 e. The minimum absolute atomic E-state index is 0.256. The molecule has 6 aromatic heterocycles. The molecule has 0 saturated heterocycles. The summed E-state index contributed by atoms with van der Waals surface area (Å²) in [6.07, 6.45) is 0. The molecule has 64 heavy (non-hydrogen) atoms. The van der Waals surface area contributed by atoms with Crippen molar-refractivity contribution in [3.05, 3.63) is 224 Å². The number of anilines is 2. The molecule has 0 aliphatic carbocycles. The van der Waals surface area contributed by atoms with E-state index in [1.165, 1.54) is 0 Å². The second-order valence-electron chi connectivity index (χ2n) is 15.5. The number of hydrogen-bond donors (Lipinski definition) is 0.